The molecule has 1 aromatic carbocycles. The number of anilines is 2. The first-order valence-corrected chi connectivity index (χ1v) is 8.66. The van der Waals surface area contributed by atoms with Gasteiger partial charge in [-0.1, -0.05) is 23.4 Å². The zero-order valence-electron chi connectivity index (χ0n) is 13.3. The van der Waals surface area contributed by atoms with E-state index < -0.39 is 17.8 Å². The highest BCUT2D eigenvalue weighted by Crippen LogP contribution is 2.21. The van der Waals surface area contributed by atoms with Gasteiger partial charge in [0.05, 0.1) is 11.6 Å². The van der Waals surface area contributed by atoms with Crippen LogP contribution in [0.5, 0.6) is 0 Å². The lowest BCUT2D eigenvalue weighted by atomic mass is 10.3. The molecule has 0 fully saturated rings. The summed E-state index contributed by atoms with van der Waals surface area (Å²) in [4.78, 5) is 32.2. The third-order valence-electron chi connectivity index (χ3n) is 2.85. The van der Waals surface area contributed by atoms with Crippen molar-refractivity contribution in [3.63, 3.8) is 0 Å². The fraction of sp³-hybridized carbons (Fsp3) is 0.200. The maximum atomic E-state index is 13.1. The highest BCUT2D eigenvalue weighted by Gasteiger charge is 2.18. The molecular formula is C15H14ClFN4O3S. The number of rotatable bonds is 5. The summed E-state index contributed by atoms with van der Waals surface area (Å²) >= 11 is 6.91. The number of aromatic nitrogens is 2. The predicted octanol–water partition coefficient (Wildman–Crippen LogP) is 3.81. The van der Waals surface area contributed by atoms with Crippen LogP contribution in [-0.2, 0) is 4.74 Å². The lowest BCUT2D eigenvalue weighted by Gasteiger charge is -2.11. The first-order chi connectivity index (χ1) is 11.9. The molecule has 0 saturated carbocycles. The number of hydrogen-bond acceptors (Lipinski definition) is 6. The lowest BCUT2D eigenvalue weighted by molar-refractivity contribution is 0.0526. The fourth-order valence-corrected chi connectivity index (χ4v) is 2.28. The van der Waals surface area contributed by atoms with Crippen LogP contribution < -0.4 is 10.6 Å². The number of nitrogens with zero attached hydrogens (tertiary/aromatic N) is 2. The molecule has 0 atom stereocenters. The Kier molecular flexibility index (Phi) is 6.54. The van der Waals surface area contributed by atoms with Gasteiger partial charge >= 0.3 is 12.0 Å². The van der Waals surface area contributed by atoms with Gasteiger partial charge in [-0.15, -0.1) is 0 Å². The van der Waals surface area contributed by atoms with E-state index >= 15 is 0 Å². The summed E-state index contributed by atoms with van der Waals surface area (Å²) in [6.07, 6.45) is 3.03. The minimum atomic E-state index is -0.682. The summed E-state index contributed by atoms with van der Waals surface area (Å²) in [5.41, 5.74) is 0.299. The quantitative estimate of drug-likeness (QED) is 0.462. The van der Waals surface area contributed by atoms with Crippen LogP contribution in [0.25, 0.3) is 0 Å². The van der Waals surface area contributed by atoms with Crippen molar-refractivity contribution in [2.45, 2.75) is 12.1 Å². The number of thioether (sulfide) groups is 1. The standard InChI is InChI=1S/C15H14ClFN4O3S/c1-3-24-13(22)9-7-18-15(25-2)21-12(9)20-14(23)19-8-4-5-11(17)10(16)6-8/h4-7H,3H2,1-2H3,(H2,18,19,20,21,23). The van der Waals surface area contributed by atoms with E-state index in [2.05, 4.69) is 20.6 Å². The fourth-order valence-electron chi connectivity index (χ4n) is 1.76. The Morgan fingerprint density at radius 3 is 2.76 bits per heavy atom. The molecule has 132 valence electrons. The van der Waals surface area contributed by atoms with E-state index in [0.29, 0.717) is 5.16 Å². The molecule has 2 N–H and O–H groups in total. The van der Waals surface area contributed by atoms with Gasteiger partial charge in [0.2, 0.25) is 0 Å². The van der Waals surface area contributed by atoms with Gasteiger partial charge in [0, 0.05) is 11.9 Å². The second-order valence-electron chi connectivity index (χ2n) is 4.55. The van der Waals surface area contributed by atoms with E-state index in [9.17, 15) is 14.0 Å². The first kappa shape index (κ1) is 18.9. The van der Waals surface area contributed by atoms with Gasteiger partial charge in [-0.25, -0.2) is 23.9 Å². The van der Waals surface area contributed by atoms with E-state index in [-0.39, 0.29) is 28.7 Å². The maximum absolute atomic E-state index is 13.1. The Bertz CT molecular complexity index is 806. The van der Waals surface area contributed by atoms with Gasteiger partial charge in [-0.05, 0) is 31.4 Å². The monoisotopic (exact) mass is 384 g/mol. The summed E-state index contributed by atoms with van der Waals surface area (Å²) in [7, 11) is 0. The molecule has 2 rings (SSSR count). The molecule has 7 nitrogen and oxygen atoms in total. The van der Waals surface area contributed by atoms with E-state index in [1.807, 2.05) is 0 Å². The van der Waals surface area contributed by atoms with Crippen molar-refractivity contribution in [1.29, 1.82) is 0 Å². The number of ether oxygens (including phenoxy) is 1. The Morgan fingerprint density at radius 2 is 2.12 bits per heavy atom. The number of nitrogens with one attached hydrogen (secondary N) is 2. The topological polar surface area (TPSA) is 93.2 Å². The Balaban J connectivity index is 2.20. The molecule has 1 aromatic heterocycles. The third-order valence-corrected chi connectivity index (χ3v) is 3.71. The van der Waals surface area contributed by atoms with E-state index in [0.717, 1.165) is 6.07 Å². The average Bonchev–Trinajstić information content (AvgIpc) is 2.58. The van der Waals surface area contributed by atoms with Gasteiger partial charge in [0.15, 0.2) is 11.0 Å². The number of hydrogen-bond donors (Lipinski definition) is 2. The molecular weight excluding hydrogens is 371 g/mol. The second kappa shape index (κ2) is 8.63. The minimum absolute atomic E-state index is 0.00325. The van der Waals surface area contributed by atoms with Crippen LogP contribution >= 0.6 is 23.4 Å². The molecule has 2 aromatic rings. The molecule has 0 unspecified atom stereocenters. The molecule has 0 aliphatic heterocycles. The van der Waals surface area contributed by atoms with Crippen molar-refractivity contribution in [2.75, 3.05) is 23.5 Å². The number of carbonyl (C=O) groups excluding carboxylic acids is 2. The van der Waals surface area contributed by atoms with Crippen molar-refractivity contribution in [3.05, 3.63) is 40.8 Å². The Hall–Kier alpha value is -2.39. The van der Waals surface area contributed by atoms with Crippen molar-refractivity contribution >= 4 is 46.9 Å². The van der Waals surface area contributed by atoms with Crippen LogP contribution in [0.4, 0.5) is 20.7 Å². The molecule has 25 heavy (non-hydrogen) atoms. The average molecular weight is 385 g/mol. The molecule has 0 saturated heterocycles. The molecule has 0 spiro atoms. The largest absolute Gasteiger partial charge is 0.462 e. The lowest BCUT2D eigenvalue weighted by Crippen LogP contribution is -2.22. The summed E-state index contributed by atoms with van der Waals surface area (Å²) in [5, 5.41) is 5.17. The summed E-state index contributed by atoms with van der Waals surface area (Å²) in [6.45, 7) is 1.83. The summed E-state index contributed by atoms with van der Waals surface area (Å²) in [5.74, 6) is -1.25. The van der Waals surface area contributed by atoms with Crippen LogP contribution in [0.1, 0.15) is 17.3 Å². The van der Waals surface area contributed by atoms with Gasteiger partial charge in [0.1, 0.15) is 11.4 Å². The zero-order chi connectivity index (χ0) is 18.4. The van der Waals surface area contributed by atoms with Gasteiger partial charge in [-0.3, -0.25) is 5.32 Å². The zero-order valence-corrected chi connectivity index (χ0v) is 14.9. The van der Waals surface area contributed by atoms with Gasteiger partial charge in [0.25, 0.3) is 0 Å². The summed E-state index contributed by atoms with van der Waals surface area (Å²) in [6, 6.07) is 3.05. The number of amides is 2. The number of halogens is 2. The van der Waals surface area contributed by atoms with Crippen LogP contribution in [0.15, 0.2) is 29.6 Å². The summed E-state index contributed by atoms with van der Waals surface area (Å²) < 4.78 is 18.1. The number of urea groups is 1. The normalized spacial score (nSPS) is 10.2. The van der Waals surface area contributed by atoms with E-state index in [4.69, 9.17) is 16.3 Å². The third kappa shape index (κ3) is 5.04. The van der Waals surface area contributed by atoms with Crippen molar-refractivity contribution in [3.8, 4) is 0 Å². The molecule has 1 heterocycles. The van der Waals surface area contributed by atoms with Crippen LogP contribution in [-0.4, -0.2) is 34.8 Å². The van der Waals surface area contributed by atoms with Crippen molar-refractivity contribution in [2.24, 2.45) is 0 Å². The van der Waals surface area contributed by atoms with Gasteiger partial charge < -0.3 is 10.1 Å². The van der Waals surface area contributed by atoms with E-state index in [1.165, 1.54) is 30.1 Å². The Labute approximate surface area is 152 Å². The van der Waals surface area contributed by atoms with E-state index in [1.54, 1.807) is 13.2 Å². The molecule has 2 amide bonds. The smallest absolute Gasteiger partial charge is 0.343 e. The first-order valence-electron chi connectivity index (χ1n) is 7.05. The van der Waals surface area contributed by atoms with Crippen molar-refractivity contribution in [1.82, 2.24) is 9.97 Å². The highest BCUT2D eigenvalue weighted by atomic mass is 35.5. The number of carbonyl (C=O) groups is 2. The Morgan fingerprint density at radius 1 is 1.36 bits per heavy atom. The predicted molar refractivity (Wildman–Crippen MR) is 93.8 cm³/mol. The maximum Gasteiger partial charge on any atom is 0.343 e. The highest BCUT2D eigenvalue weighted by molar-refractivity contribution is 7.98. The molecule has 0 bridgehead atoms. The second-order valence-corrected chi connectivity index (χ2v) is 5.73. The molecule has 10 heteroatoms. The molecule has 0 aliphatic carbocycles. The van der Waals surface area contributed by atoms with Gasteiger partial charge in [-0.2, -0.15) is 0 Å². The molecule has 0 radical (unpaired) electrons. The van der Waals surface area contributed by atoms with Crippen LogP contribution in [0.3, 0.4) is 0 Å². The van der Waals surface area contributed by atoms with Crippen LogP contribution in [0.2, 0.25) is 5.02 Å². The number of benzene rings is 1. The van der Waals surface area contributed by atoms with Crippen molar-refractivity contribution < 1.29 is 18.7 Å². The van der Waals surface area contributed by atoms with Crippen LogP contribution in [0, 0.1) is 5.82 Å². The minimum Gasteiger partial charge on any atom is -0.462 e. The SMILES string of the molecule is CCOC(=O)c1cnc(SC)nc1NC(=O)Nc1ccc(F)c(Cl)c1. The number of esters is 1. The molecule has 0 aliphatic rings.